The van der Waals surface area contributed by atoms with E-state index >= 15 is 0 Å². The zero-order valence-corrected chi connectivity index (χ0v) is 18.9. The summed E-state index contributed by atoms with van der Waals surface area (Å²) in [6, 6.07) is 27.3. The number of nitrogens with one attached hydrogen (secondary N) is 1. The first kappa shape index (κ1) is 22.5. The highest BCUT2D eigenvalue weighted by atomic mass is 32.2. The maximum Gasteiger partial charge on any atom is 0.340 e. The SMILES string of the molecule is C=C(C(=O)Oc1cccc2ccccc12)C(NS(=O)(=O)c1ccc(C)cc1)c1ccccc1. The fraction of sp³-hybridized carbons (Fsp3) is 0.0741. The van der Waals surface area contributed by atoms with Gasteiger partial charge in [-0.2, -0.15) is 4.72 Å². The topological polar surface area (TPSA) is 72.5 Å². The third-order valence-electron chi connectivity index (χ3n) is 5.30. The van der Waals surface area contributed by atoms with Crippen LogP contribution in [0.1, 0.15) is 17.2 Å². The van der Waals surface area contributed by atoms with Gasteiger partial charge in [-0.3, -0.25) is 0 Å². The van der Waals surface area contributed by atoms with E-state index in [9.17, 15) is 13.2 Å². The van der Waals surface area contributed by atoms with Crippen molar-refractivity contribution in [3.8, 4) is 5.75 Å². The Morgan fingerprint density at radius 2 is 1.48 bits per heavy atom. The summed E-state index contributed by atoms with van der Waals surface area (Å²) in [6.45, 7) is 5.77. The molecule has 0 aliphatic rings. The summed E-state index contributed by atoms with van der Waals surface area (Å²) in [5.41, 5.74) is 1.49. The van der Waals surface area contributed by atoms with Crippen LogP contribution in [0.3, 0.4) is 0 Å². The molecular formula is C27H23NO4S. The number of hydrogen-bond donors (Lipinski definition) is 1. The fourth-order valence-corrected chi connectivity index (χ4v) is 4.71. The van der Waals surface area contributed by atoms with Gasteiger partial charge in [0, 0.05) is 5.39 Å². The second kappa shape index (κ2) is 9.40. The first-order chi connectivity index (χ1) is 15.8. The molecule has 0 aliphatic carbocycles. The molecule has 4 rings (SSSR count). The third kappa shape index (κ3) is 5.03. The van der Waals surface area contributed by atoms with Crippen molar-refractivity contribution in [3.63, 3.8) is 0 Å². The Morgan fingerprint density at radius 1 is 0.848 bits per heavy atom. The maximum atomic E-state index is 13.1. The van der Waals surface area contributed by atoms with Crippen LogP contribution in [-0.2, 0) is 14.8 Å². The summed E-state index contributed by atoms with van der Waals surface area (Å²) in [5.74, 6) is -0.334. The largest absolute Gasteiger partial charge is 0.422 e. The molecule has 0 spiro atoms. The summed E-state index contributed by atoms with van der Waals surface area (Å²) >= 11 is 0. The summed E-state index contributed by atoms with van der Waals surface area (Å²) in [5, 5.41) is 1.70. The second-order valence-electron chi connectivity index (χ2n) is 7.67. The highest BCUT2D eigenvalue weighted by Gasteiger charge is 2.28. The molecule has 1 unspecified atom stereocenters. The van der Waals surface area contributed by atoms with Crippen LogP contribution in [0.25, 0.3) is 10.8 Å². The molecule has 166 valence electrons. The molecule has 4 aromatic carbocycles. The van der Waals surface area contributed by atoms with Gasteiger partial charge < -0.3 is 4.74 Å². The van der Waals surface area contributed by atoms with Gasteiger partial charge in [-0.1, -0.05) is 91.0 Å². The number of fused-ring (bicyclic) bond motifs is 1. The molecule has 0 fully saturated rings. The van der Waals surface area contributed by atoms with Crippen LogP contribution in [0.4, 0.5) is 0 Å². The average molecular weight is 458 g/mol. The van der Waals surface area contributed by atoms with E-state index in [4.69, 9.17) is 4.74 Å². The number of carbonyl (C=O) groups is 1. The molecule has 33 heavy (non-hydrogen) atoms. The van der Waals surface area contributed by atoms with Gasteiger partial charge in [0.05, 0.1) is 16.5 Å². The zero-order valence-electron chi connectivity index (χ0n) is 18.1. The standard InChI is InChI=1S/C27H23NO4S/c1-19-15-17-23(18-16-19)33(30,31)28-26(22-10-4-3-5-11-22)20(2)27(29)32-25-14-8-12-21-9-6-7-13-24(21)25/h3-18,26,28H,2H2,1H3. The summed E-state index contributed by atoms with van der Waals surface area (Å²) in [7, 11) is -3.93. The number of hydrogen-bond acceptors (Lipinski definition) is 4. The van der Waals surface area contributed by atoms with Gasteiger partial charge in [0.1, 0.15) is 5.75 Å². The summed E-state index contributed by atoms with van der Waals surface area (Å²) in [6.07, 6.45) is 0. The third-order valence-corrected chi connectivity index (χ3v) is 6.74. The molecule has 1 atom stereocenters. The number of sulfonamides is 1. The highest BCUT2D eigenvalue weighted by molar-refractivity contribution is 7.89. The minimum absolute atomic E-state index is 0.0233. The molecule has 0 bridgehead atoms. The summed E-state index contributed by atoms with van der Waals surface area (Å²) in [4.78, 5) is 13.2. The zero-order chi connectivity index (χ0) is 23.4. The summed E-state index contributed by atoms with van der Waals surface area (Å²) < 4.78 is 34.4. The molecule has 0 aromatic heterocycles. The monoisotopic (exact) mass is 457 g/mol. The lowest BCUT2D eigenvalue weighted by atomic mass is 10.0. The minimum Gasteiger partial charge on any atom is -0.422 e. The molecule has 0 aliphatic heterocycles. The first-order valence-corrected chi connectivity index (χ1v) is 11.9. The number of esters is 1. The van der Waals surface area contributed by atoms with Gasteiger partial charge >= 0.3 is 5.97 Å². The predicted octanol–water partition coefficient (Wildman–Crippen LogP) is 5.33. The van der Waals surface area contributed by atoms with E-state index in [2.05, 4.69) is 11.3 Å². The Kier molecular flexibility index (Phi) is 6.40. The van der Waals surface area contributed by atoms with E-state index in [1.165, 1.54) is 12.1 Å². The smallest absolute Gasteiger partial charge is 0.340 e. The van der Waals surface area contributed by atoms with E-state index in [1.807, 2.05) is 43.3 Å². The van der Waals surface area contributed by atoms with Crippen molar-refractivity contribution in [2.24, 2.45) is 0 Å². The van der Waals surface area contributed by atoms with Gasteiger partial charge in [0.2, 0.25) is 10.0 Å². The number of ether oxygens (including phenoxy) is 1. The van der Waals surface area contributed by atoms with Gasteiger partial charge in [0.15, 0.2) is 0 Å². The van der Waals surface area contributed by atoms with E-state index < -0.39 is 22.0 Å². The fourth-order valence-electron chi connectivity index (χ4n) is 3.49. The molecular weight excluding hydrogens is 434 g/mol. The number of rotatable bonds is 7. The lowest BCUT2D eigenvalue weighted by Gasteiger charge is -2.21. The Hall–Kier alpha value is -3.74. The molecule has 0 heterocycles. The lowest BCUT2D eigenvalue weighted by Crippen LogP contribution is -2.33. The highest BCUT2D eigenvalue weighted by Crippen LogP contribution is 2.29. The van der Waals surface area contributed by atoms with Crippen LogP contribution in [0.5, 0.6) is 5.75 Å². The Bertz CT molecular complexity index is 1410. The van der Waals surface area contributed by atoms with Crippen molar-refractivity contribution in [2.45, 2.75) is 17.9 Å². The Balaban J connectivity index is 1.65. The van der Waals surface area contributed by atoms with Gasteiger partial charge in [-0.15, -0.1) is 0 Å². The first-order valence-electron chi connectivity index (χ1n) is 10.4. The quantitative estimate of drug-likeness (QED) is 0.231. The van der Waals surface area contributed by atoms with Crippen molar-refractivity contribution in [1.82, 2.24) is 4.72 Å². The van der Waals surface area contributed by atoms with Gasteiger partial charge in [-0.05, 0) is 36.1 Å². The molecule has 6 heteroatoms. The molecule has 4 aromatic rings. The Morgan fingerprint density at radius 3 is 2.21 bits per heavy atom. The minimum atomic E-state index is -3.93. The van der Waals surface area contributed by atoms with Crippen molar-refractivity contribution in [1.29, 1.82) is 0 Å². The lowest BCUT2D eigenvalue weighted by molar-refractivity contribution is -0.130. The van der Waals surface area contributed by atoms with Crippen LogP contribution in [0.15, 0.2) is 114 Å². The van der Waals surface area contributed by atoms with E-state index in [0.717, 1.165) is 16.3 Å². The average Bonchev–Trinajstić information content (AvgIpc) is 2.83. The van der Waals surface area contributed by atoms with Crippen LogP contribution in [-0.4, -0.2) is 14.4 Å². The van der Waals surface area contributed by atoms with E-state index in [-0.39, 0.29) is 10.5 Å². The van der Waals surface area contributed by atoms with E-state index in [0.29, 0.717) is 11.3 Å². The molecule has 0 radical (unpaired) electrons. The van der Waals surface area contributed by atoms with Gasteiger partial charge in [-0.25, -0.2) is 13.2 Å². The molecule has 0 saturated heterocycles. The predicted molar refractivity (Wildman–Crippen MR) is 129 cm³/mol. The van der Waals surface area contributed by atoms with Crippen molar-refractivity contribution >= 4 is 26.8 Å². The van der Waals surface area contributed by atoms with E-state index in [1.54, 1.807) is 48.5 Å². The molecule has 1 N–H and O–H groups in total. The van der Waals surface area contributed by atoms with Crippen LogP contribution < -0.4 is 9.46 Å². The van der Waals surface area contributed by atoms with Crippen molar-refractivity contribution < 1.29 is 17.9 Å². The van der Waals surface area contributed by atoms with Crippen molar-refractivity contribution in [3.05, 3.63) is 120 Å². The van der Waals surface area contributed by atoms with Crippen LogP contribution >= 0.6 is 0 Å². The van der Waals surface area contributed by atoms with Crippen molar-refractivity contribution in [2.75, 3.05) is 0 Å². The number of aryl methyl sites for hydroxylation is 1. The maximum absolute atomic E-state index is 13.1. The number of benzene rings is 4. The molecule has 0 amide bonds. The second-order valence-corrected chi connectivity index (χ2v) is 9.38. The van der Waals surface area contributed by atoms with Crippen LogP contribution in [0.2, 0.25) is 0 Å². The molecule has 0 saturated carbocycles. The van der Waals surface area contributed by atoms with Gasteiger partial charge in [0.25, 0.3) is 0 Å². The molecule has 5 nitrogen and oxygen atoms in total. The van der Waals surface area contributed by atoms with Crippen LogP contribution in [0, 0.1) is 6.92 Å². The Labute approximate surface area is 193 Å². The normalized spacial score (nSPS) is 12.3. The number of carbonyl (C=O) groups excluding carboxylic acids is 1.